The van der Waals surface area contributed by atoms with E-state index in [0.29, 0.717) is 31.1 Å². The number of rotatable bonds is 8. The maximum Gasteiger partial charge on any atom is 0.119 e. The Hall–Kier alpha value is -1.30. The highest BCUT2D eigenvalue weighted by Gasteiger charge is 2.32. The third-order valence-electron chi connectivity index (χ3n) is 6.74. The molecule has 3 rings (SSSR count). The fourth-order valence-corrected chi connectivity index (χ4v) is 4.87. The third-order valence-corrected chi connectivity index (χ3v) is 6.74. The van der Waals surface area contributed by atoms with E-state index in [1.54, 1.807) is 7.11 Å². The number of β-amino-alcohol motifs (C(OH)–C–C–N with tert-alkyl or cyclic N) is 1. The van der Waals surface area contributed by atoms with Crippen molar-refractivity contribution >= 4 is 5.69 Å². The molecule has 1 aliphatic heterocycles. The molecule has 1 saturated carbocycles. The number of benzene rings is 1. The zero-order valence-corrected chi connectivity index (χ0v) is 18.7. The molecule has 2 aliphatic rings. The second kappa shape index (κ2) is 10.6. The van der Waals surface area contributed by atoms with Crippen molar-refractivity contribution in [3.05, 3.63) is 24.3 Å². The Morgan fingerprint density at radius 3 is 2.38 bits per heavy atom. The number of hydrogen-bond acceptors (Lipinski definition) is 5. The molecule has 1 heterocycles. The van der Waals surface area contributed by atoms with Crippen molar-refractivity contribution in [2.45, 2.75) is 52.2 Å². The zero-order chi connectivity index (χ0) is 20.8. The van der Waals surface area contributed by atoms with E-state index in [1.807, 2.05) is 12.1 Å². The average molecular weight is 405 g/mol. The molecule has 1 aliphatic carbocycles. The van der Waals surface area contributed by atoms with Gasteiger partial charge in [-0.3, -0.25) is 4.90 Å². The van der Waals surface area contributed by atoms with E-state index >= 15 is 0 Å². The first-order chi connectivity index (χ1) is 14.0. The van der Waals surface area contributed by atoms with Crippen molar-refractivity contribution < 1.29 is 14.6 Å². The summed E-state index contributed by atoms with van der Waals surface area (Å²) in [4.78, 5) is 4.76. The van der Waals surface area contributed by atoms with E-state index in [4.69, 9.17) is 9.47 Å². The van der Waals surface area contributed by atoms with Crippen LogP contribution in [0.25, 0.3) is 0 Å². The van der Waals surface area contributed by atoms with Gasteiger partial charge < -0.3 is 19.5 Å². The van der Waals surface area contributed by atoms with Crippen LogP contribution in [0.5, 0.6) is 5.75 Å². The molecule has 164 valence electrons. The molecule has 0 amide bonds. The molecular formula is C24H40N2O3. The number of hydrogen-bond donors (Lipinski definition) is 1. The number of piperazine rings is 1. The number of nitrogens with zero attached hydrogens (tertiary/aromatic N) is 2. The van der Waals surface area contributed by atoms with Gasteiger partial charge in [0.2, 0.25) is 0 Å². The van der Waals surface area contributed by atoms with Gasteiger partial charge in [-0.05, 0) is 54.9 Å². The molecular weight excluding hydrogens is 364 g/mol. The summed E-state index contributed by atoms with van der Waals surface area (Å²) in [5, 5.41) is 10.6. The summed E-state index contributed by atoms with van der Waals surface area (Å²) in [6.07, 6.45) is 3.60. The highest BCUT2D eigenvalue weighted by Crippen LogP contribution is 2.35. The summed E-state index contributed by atoms with van der Waals surface area (Å²) in [6, 6.07) is 8.26. The number of methoxy groups -OCH3 is 1. The molecule has 1 saturated heterocycles. The molecule has 1 aromatic rings. The van der Waals surface area contributed by atoms with E-state index in [1.165, 1.54) is 18.5 Å². The number of anilines is 1. The van der Waals surface area contributed by atoms with Gasteiger partial charge in [-0.15, -0.1) is 0 Å². The lowest BCUT2D eigenvalue weighted by atomic mass is 9.75. The zero-order valence-electron chi connectivity index (χ0n) is 18.7. The molecule has 1 N–H and O–H groups in total. The van der Waals surface area contributed by atoms with Gasteiger partial charge in [0.15, 0.2) is 0 Å². The summed E-state index contributed by atoms with van der Waals surface area (Å²) in [6.45, 7) is 12.0. The molecule has 29 heavy (non-hydrogen) atoms. The standard InChI is InChI=1S/C24H40N2O3/c1-18(2)23-10-5-19(3)15-24(23)29-17-21(27)16-25-11-13-26(14-12-25)20-6-8-22(28-4)9-7-20/h6-9,18-19,21,23-24,27H,5,10-17H2,1-4H3/t19-,21-,23-,24-/m1/s1. The Kier molecular flexibility index (Phi) is 8.22. The fraction of sp³-hybridized carbons (Fsp3) is 0.750. The minimum atomic E-state index is -0.410. The molecule has 0 radical (unpaired) electrons. The van der Waals surface area contributed by atoms with E-state index in [9.17, 15) is 5.11 Å². The van der Waals surface area contributed by atoms with Gasteiger partial charge in [0, 0.05) is 38.4 Å². The van der Waals surface area contributed by atoms with Gasteiger partial charge in [-0.2, -0.15) is 0 Å². The predicted octanol–water partition coefficient (Wildman–Crippen LogP) is 3.66. The van der Waals surface area contributed by atoms with Crippen LogP contribution in [0, 0.1) is 17.8 Å². The maximum absolute atomic E-state index is 10.6. The van der Waals surface area contributed by atoms with Gasteiger partial charge in [0.25, 0.3) is 0 Å². The van der Waals surface area contributed by atoms with Crippen molar-refractivity contribution in [3.8, 4) is 5.75 Å². The van der Waals surface area contributed by atoms with E-state index in [0.717, 1.165) is 44.3 Å². The van der Waals surface area contributed by atoms with Crippen molar-refractivity contribution in [2.75, 3.05) is 51.3 Å². The first-order valence-electron chi connectivity index (χ1n) is 11.4. The summed E-state index contributed by atoms with van der Waals surface area (Å²) in [5.41, 5.74) is 1.24. The Morgan fingerprint density at radius 1 is 1.07 bits per heavy atom. The topological polar surface area (TPSA) is 45.2 Å². The molecule has 0 aromatic heterocycles. The Morgan fingerprint density at radius 2 is 1.76 bits per heavy atom. The van der Waals surface area contributed by atoms with E-state index in [2.05, 4.69) is 42.7 Å². The van der Waals surface area contributed by atoms with Crippen LogP contribution in [0.2, 0.25) is 0 Å². The van der Waals surface area contributed by atoms with Gasteiger partial charge in [-0.25, -0.2) is 0 Å². The van der Waals surface area contributed by atoms with Crippen molar-refractivity contribution in [2.24, 2.45) is 17.8 Å². The highest BCUT2D eigenvalue weighted by molar-refractivity contribution is 5.49. The lowest BCUT2D eigenvalue weighted by molar-refractivity contribution is -0.0740. The van der Waals surface area contributed by atoms with Gasteiger partial charge in [-0.1, -0.05) is 27.2 Å². The molecule has 4 atom stereocenters. The quantitative estimate of drug-likeness (QED) is 0.716. The molecule has 0 bridgehead atoms. The summed E-state index contributed by atoms with van der Waals surface area (Å²) in [5.74, 6) is 2.91. The molecule has 0 unspecified atom stereocenters. The second-order valence-electron chi connectivity index (χ2n) is 9.34. The van der Waals surface area contributed by atoms with Crippen LogP contribution in [0.15, 0.2) is 24.3 Å². The summed E-state index contributed by atoms with van der Waals surface area (Å²) in [7, 11) is 1.70. The Balaban J connectivity index is 1.40. The second-order valence-corrected chi connectivity index (χ2v) is 9.34. The van der Waals surface area contributed by atoms with Gasteiger partial charge in [0.1, 0.15) is 5.75 Å². The van der Waals surface area contributed by atoms with Crippen LogP contribution < -0.4 is 9.64 Å². The first-order valence-corrected chi connectivity index (χ1v) is 11.4. The van der Waals surface area contributed by atoms with Crippen LogP contribution in [0.3, 0.4) is 0 Å². The van der Waals surface area contributed by atoms with Crippen LogP contribution >= 0.6 is 0 Å². The number of aliphatic hydroxyl groups excluding tert-OH is 1. The SMILES string of the molecule is COc1ccc(N2CCN(C[C@@H](O)CO[C@@H]3C[C@H](C)CC[C@@H]3C(C)C)CC2)cc1. The van der Waals surface area contributed by atoms with Crippen LogP contribution in [0.4, 0.5) is 5.69 Å². The van der Waals surface area contributed by atoms with Gasteiger partial charge >= 0.3 is 0 Å². The summed E-state index contributed by atoms with van der Waals surface area (Å²) >= 11 is 0. The number of ether oxygens (including phenoxy) is 2. The maximum atomic E-state index is 10.6. The Labute approximate surface area is 177 Å². The lowest BCUT2D eigenvalue weighted by Gasteiger charge is -2.39. The molecule has 0 spiro atoms. The van der Waals surface area contributed by atoms with Gasteiger partial charge in [0.05, 0.1) is 25.9 Å². The normalized spacial score (nSPS) is 27.2. The first kappa shape index (κ1) is 22.4. The van der Waals surface area contributed by atoms with Crippen LogP contribution in [-0.4, -0.2) is 68.7 Å². The van der Waals surface area contributed by atoms with Crippen LogP contribution in [-0.2, 0) is 4.74 Å². The molecule has 5 heteroatoms. The van der Waals surface area contributed by atoms with Crippen molar-refractivity contribution in [1.29, 1.82) is 0 Å². The average Bonchev–Trinajstić information content (AvgIpc) is 2.73. The fourth-order valence-electron chi connectivity index (χ4n) is 4.87. The third kappa shape index (κ3) is 6.34. The summed E-state index contributed by atoms with van der Waals surface area (Å²) < 4.78 is 11.5. The van der Waals surface area contributed by atoms with Crippen LogP contribution in [0.1, 0.15) is 40.0 Å². The smallest absolute Gasteiger partial charge is 0.119 e. The number of aliphatic hydroxyl groups is 1. The monoisotopic (exact) mass is 404 g/mol. The van der Waals surface area contributed by atoms with Crippen molar-refractivity contribution in [1.82, 2.24) is 4.90 Å². The largest absolute Gasteiger partial charge is 0.497 e. The highest BCUT2D eigenvalue weighted by atomic mass is 16.5. The molecule has 5 nitrogen and oxygen atoms in total. The molecule has 2 fully saturated rings. The van der Waals surface area contributed by atoms with Crippen molar-refractivity contribution in [3.63, 3.8) is 0 Å². The van der Waals surface area contributed by atoms with E-state index < -0.39 is 6.10 Å². The lowest BCUT2D eigenvalue weighted by Crippen LogP contribution is -2.49. The minimum Gasteiger partial charge on any atom is -0.497 e. The molecule has 1 aromatic carbocycles. The Bertz CT molecular complexity index is 599. The minimum absolute atomic E-state index is 0.306. The van der Waals surface area contributed by atoms with E-state index in [-0.39, 0.29) is 0 Å². The predicted molar refractivity (Wildman–Crippen MR) is 119 cm³/mol.